The normalized spacial score (nSPS) is 53.1. The van der Waals surface area contributed by atoms with Crippen LogP contribution in [0.3, 0.4) is 0 Å². The van der Waals surface area contributed by atoms with Crippen molar-refractivity contribution in [1.82, 2.24) is 0 Å². The fourth-order valence-corrected chi connectivity index (χ4v) is 10.5. The maximum Gasteiger partial charge on any atom is 0.0594 e. The van der Waals surface area contributed by atoms with Crippen LogP contribution < -0.4 is 0 Å². The van der Waals surface area contributed by atoms with Gasteiger partial charge in [0.1, 0.15) is 0 Å². The number of aliphatic hydroxyl groups is 1. The van der Waals surface area contributed by atoms with E-state index in [0.717, 1.165) is 12.3 Å². The second-order valence-corrected chi connectivity index (χ2v) is 15.2. The van der Waals surface area contributed by atoms with E-state index in [1.807, 2.05) is 11.1 Å². The van der Waals surface area contributed by atoms with Crippen molar-refractivity contribution in [2.75, 3.05) is 0 Å². The van der Waals surface area contributed by atoms with E-state index in [4.69, 9.17) is 0 Å². The van der Waals surface area contributed by atoms with Gasteiger partial charge >= 0.3 is 0 Å². The largest absolute Gasteiger partial charge is 0.393 e. The van der Waals surface area contributed by atoms with E-state index >= 15 is 0 Å². The van der Waals surface area contributed by atoms with Gasteiger partial charge in [0.25, 0.3) is 0 Å². The van der Waals surface area contributed by atoms with Crippen molar-refractivity contribution in [3.8, 4) is 0 Å². The third kappa shape index (κ3) is 2.77. The Bertz CT molecular complexity index is 803. The minimum absolute atomic E-state index is 0.0620. The second kappa shape index (κ2) is 6.43. The zero-order valence-electron chi connectivity index (χ0n) is 22.0. The molecule has 1 N–H and O–H groups in total. The smallest absolute Gasteiger partial charge is 0.0594 e. The van der Waals surface area contributed by atoms with Crippen molar-refractivity contribution in [2.45, 2.75) is 132 Å². The van der Waals surface area contributed by atoms with E-state index in [9.17, 15) is 5.11 Å². The first-order valence-corrected chi connectivity index (χ1v) is 13.6. The quantitative estimate of drug-likeness (QED) is 0.386. The lowest BCUT2D eigenvalue weighted by Crippen LogP contribution is -2.64. The summed E-state index contributed by atoms with van der Waals surface area (Å²) < 4.78 is 0. The maximum atomic E-state index is 10.9. The van der Waals surface area contributed by atoms with Crippen LogP contribution in [0.15, 0.2) is 11.1 Å². The molecule has 5 aliphatic rings. The average molecular weight is 427 g/mol. The van der Waals surface area contributed by atoms with Crippen LogP contribution in [0.5, 0.6) is 0 Å². The van der Waals surface area contributed by atoms with Gasteiger partial charge < -0.3 is 5.11 Å². The highest BCUT2D eigenvalue weighted by molar-refractivity contribution is 5.38. The van der Waals surface area contributed by atoms with Crippen LogP contribution in [0.4, 0.5) is 0 Å². The molecule has 1 nitrogen and oxygen atoms in total. The Morgan fingerprint density at radius 1 is 0.677 bits per heavy atom. The molecule has 0 aromatic rings. The van der Waals surface area contributed by atoms with Crippen molar-refractivity contribution in [1.29, 1.82) is 0 Å². The molecule has 2 unspecified atom stereocenters. The van der Waals surface area contributed by atoms with Gasteiger partial charge in [-0.05, 0) is 115 Å². The summed E-state index contributed by atoms with van der Waals surface area (Å²) in [5.74, 6) is 1.47. The van der Waals surface area contributed by atoms with Gasteiger partial charge in [-0.3, -0.25) is 0 Å². The molecule has 7 atom stereocenters. The molecule has 0 saturated heterocycles. The Hall–Kier alpha value is -0.300. The van der Waals surface area contributed by atoms with Crippen molar-refractivity contribution >= 4 is 0 Å². The van der Waals surface area contributed by atoms with E-state index in [0.29, 0.717) is 33.0 Å². The molecule has 0 aromatic heterocycles. The monoisotopic (exact) mass is 426 g/mol. The summed E-state index contributed by atoms with van der Waals surface area (Å²) in [4.78, 5) is 0. The van der Waals surface area contributed by atoms with E-state index in [2.05, 4.69) is 55.4 Å². The number of hydrogen-bond acceptors (Lipinski definition) is 1. The number of rotatable bonds is 0. The molecule has 5 aliphatic carbocycles. The summed E-state index contributed by atoms with van der Waals surface area (Å²) >= 11 is 0. The Balaban J connectivity index is 1.59. The van der Waals surface area contributed by atoms with E-state index < -0.39 is 0 Å². The van der Waals surface area contributed by atoms with E-state index in [-0.39, 0.29) is 11.5 Å². The number of aliphatic hydroxyl groups excluding tert-OH is 1. The molecule has 4 fully saturated rings. The van der Waals surface area contributed by atoms with Crippen LogP contribution in [0.25, 0.3) is 0 Å². The highest BCUT2D eigenvalue weighted by Gasteiger charge is 2.67. The molecular formula is C30H50O. The minimum atomic E-state index is -0.119. The molecule has 0 amide bonds. The van der Waals surface area contributed by atoms with Crippen molar-refractivity contribution in [2.24, 2.45) is 44.3 Å². The molecule has 5 rings (SSSR count). The zero-order chi connectivity index (χ0) is 22.7. The molecule has 31 heavy (non-hydrogen) atoms. The van der Waals surface area contributed by atoms with Crippen LogP contribution in [0.2, 0.25) is 0 Å². The van der Waals surface area contributed by atoms with E-state index in [1.54, 1.807) is 0 Å². The fraction of sp³-hybridized carbons (Fsp3) is 0.933. The predicted octanol–water partition coefficient (Wildman–Crippen LogP) is 8.31. The number of allylic oxidation sites excluding steroid dienone is 2. The molecular weight excluding hydrogens is 376 g/mol. The van der Waals surface area contributed by atoms with Crippen molar-refractivity contribution in [3.63, 3.8) is 0 Å². The van der Waals surface area contributed by atoms with Gasteiger partial charge in [0, 0.05) is 0 Å². The molecule has 0 aliphatic heterocycles. The highest BCUT2D eigenvalue weighted by Crippen LogP contribution is 2.75. The molecule has 0 bridgehead atoms. The van der Waals surface area contributed by atoms with Crippen LogP contribution in [0, 0.1) is 44.3 Å². The predicted molar refractivity (Wildman–Crippen MR) is 131 cm³/mol. The van der Waals surface area contributed by atoms with Gasteiger partial charge in [-0.2, -0.15) is 0 Å². The molecule has 0 radical (unpaired) electrons. The van der Waals surface area contributed by atoms with Crippen LogP contribution >= 0.6 is 0 Å². The second-order valence-electron chi connectivity index (χ2n) is 15.2. The molecule has 0 spiro atoms. The first-order valence-electron chi connectivity index (χ1n) is 13.6. The van der Waals surface area contributed by atoms with Crippen LogP contribution in [-0.2, 0) is 0 Å². The maximum absolute atomic E-state index is 10.9. The zero-order valence-corrected chi connectivity index (χ0v) is 22.0. The SMILES string of the molecule is CC1(C)CC[C@]2(C)CC[C@]3(C)C(=C2C1)CC[C@@H]1[C@@]2(C)CCC(O)C(C)(C)C2CC[C@]13C. The Labute approximate surface area is 192 Å². The lowest BCUT2D eigenvalue weighted by molar-refractivity contribution is -0.204. The summed E-state index contributed by atoms with van der Waals surface area (Å²) in [6, 6.07) is 0. The third-order valence-electron chi connectivity index (χ3n) is 12.9. The topological polar surface area (TPSA) is 20.2 Å². The Kier molecular flexibility index (Phi) is 4.66. The number of hydrogen-bond donors (Lipinski definition) is 1. The van der Waals surface area contributed by atoms with E-state index in [1.165, 1.54) is 64.2 Å². The fourth-order valence-electron chi connectivity index (χ4n) is 10.5. The summed E-state index contributed by atoms with van der Waals surface area (Å²) in [5, 5.41) is 10.9. The van der Waals surface area contributed by atoms with Gasteiger partial charge in [0.2, 0.25) is 0 Å². The van der Waals surface area contributed by atoms with Gasteiger partial charge in [-0.15, -0.1) is 0 Å². The lowest BCUT2D eigenvalue weighted by Gasteiger charge is -2.71. The molecule has 176 valence electrons. The number of fused-ring (bicyclic) bond motifs is 6. The van der Waals surface area contributed by atoms with Gasteiger partial charge in [0.15, 0.2) is 0 Å². The summed E-state index contributed by atoms with van der Waals surface area (Å²) in [5.41, 5.74) is 6.03. The average Bonchev–Trinajstić information content (AvgIpc) is 2.67. The molecule has 0 aromatic carbocycles. The van der Waals surface area contributed by atoms with Crippen molar-refractivity contribution < 1.29 is 5.11 Å². The summed E-state index contributed by atoms with van der Waals surface area (Å²) in [6.07, 6.45) is 14.5. The van der Waals surface area contributed by atoms with Gasteiger partial charge in [-0.25, -0.2) is 0 Å². The molecule has 1 heteroatoms. The highest BCUT2D eigenvalue weighted by atomic mass is 16.3. The standard InChI is InChI=1S/C30H50O/c1-25(2)15-16-27(5)17-18-29(7)20(21(27)19-25)9-10-23-28(6)13-12-24(31)26(3,4)22(28)11-14-30(23,29)8/h22-24,31H,9-19H2,1-8H3/t22?,23-,24?,27-,28+,29-,30-/m1/s1. The minimum Gasteiger partial charge on any atom is -0.393 e. The summed E-state index contributed by atoms with van der Waals surface area (Å²) in [6.45, 7) is 20.4. The van der Waals surface area contributed by atoms with Gasteiger partial charge in [0.05, 0.1) is 6.10 Å². The van der Waals surface area contributed by atoms with Crippen LogP contribution in [-0.4, -0.2) is 11.2 Å². The van der Waals surface area contributed by atoms with Gasteiger partial charge in [-0.1, -0.05) is 66.5 Å². The third-order valence-corrected chi connectivity index (χ3v) is 12.9. The Morgan fingerprint density at radius 3 is 2.06 bits per heavy atom. The van der Waals surface area contributed by atoms with Crippen molar-refractivity contribution in [3.05, 3.63) is 11.1 Å². The van der Waals surface area contributed by atoms with Crippen LogP contribution in [0.1, 0.15) is 126 Å². The molecule has 4 saturated carbocycles. The first-order chi connectivity index (χ1) is 14.2. The molecule has 0 heterocycles. The summed E-state index contributed by atoms with van der Waals surface area (Å²) in [7, 11) is 0. The first kappa shape index (κ1) is 22.5. The Morgan fingerprint density at radius 2 is 1.35 bits per heavy atom. The lowest BCUT2D eigenvalue weighted by atomic mass is 9.34.